The van der Waals surface area contributed by atoms with Crippen LogP contribution in [0.2, 0.25) is 4.34 Å². The Morgan fingerprint density at radius 2 is 2.16 bits per heavy atom. The lowest BCUT2D eigenvalue weighted by atomic mass is 10.1. The van der Waals surface area contributed by atoms with E-state index in [-0.39, 0.29) is 30.1 Å². The zero-order valence-corrected chi connectivity index (χ0v) is 19.0. The van der Waals surface area contributed by atoms with Crippen molar-refractivity contribution in [2.24, 2.45) is 4.99 Å². The molecule has 1 fully saturated rings. The summed E-state index contributed by atoms with van der Waals surface area (Å²) in [4.78, 5) is 10.5. The highest BCUT2D eigenvalue weighted by atomic mass is 127. The van der Waals surface area contributed by atoms with Crippen LogP contribution in [0.1, 0.15) is 31.1 Å². The molecule has 1 aliphatic heterocycles. The normalized spacial score (nSPS) is 16.6. The fraction of sp³-hybridized carbons (Fsp3) is 0.706. The molecule has 8 heteroatoms. The van der Waals surface area contributed by atoms with Gasteiger partial charge < -0.3 is 20.2 Å². The topological polar surface area (TPSA) is 51.1 Å². The molecule has 0 spiro atoms. The third-order valence-corrected chi connectivity index (χ3v) is 5.39. The smallest absolute Gasteiger partial charge is 0.193 e. The van der Waals surface area contributed by atoms with E-state index >= 15 is 0 Å². The van der Waals surface area contributed by atoms with Gasteiger partial charge in [-0.2, -0.15) is 0 Å². The SMILES string of the molecule is CCNC(=NCCCN1CCC(O)CC1)N(C)Cc1ccc(Cl)s1.I. The molecule has 0 radical (unpaired) electrons. The van der Waals surface area contributed by atoms with Gasteiger partial charge in [-0.05, 0) is 44.9 Å². The molecule has 1 saturated heterocycles. The Labute approximate surface area is 177 Å². The second kappa shape index (κ2) is 12.3. The van der Waals surface area contributed by atoms with Gasteiger partial charge in [0.25, 0.3) is 0 Å². The van der Waals surface area contributed by atoms with E-state index in [2.05, 4.69) is 35.2 Å². The molecule has 1 aliphatic rings. The molecule has 0 aliphatic carbocycles. The van der Waals surface area contributed by atoms with E-state index in [1.54, 1.807) is 11.3 Å². The third-order valence-electron chi connectivity index (χ3n) is 4.17. The van der Waals surface area contributed by atoms with Crippen molar-refractivity contribution in [1.82, 2.24) is 15.1 Å². The quantitative estimate of drug-likeness (QED) is 0.261. The van der Waals surface area contributed by atoms with Crippen molar-refractivity contribution >= 4 is 52.9 Å². The summed E-state index contributed by atoms with van der Waals surface area (Å²) >= 11 is 7.62. The number of rotatable bonds is 7. The summed E-state index contributed by atoms with van der Waals surface area (Å²) in [5.74, 6) is 0.941. The van der Waals surface area contributed by atoms with E-state index in [4.69, 9.17) is 16.6 Å². The van der Waals surface area contributed by atoms with E-state index in [9.17, 15) is 5.11 Å². The molecule has 0 saturated carbocycles. The first-order valence-electron chi connectivity index (χ1n) is 8.72. The van der Waals surface area contributed by atoms with Crippen LogP contribution in [0, 0.1) is 0 Å². The summed E-state index contributed by atoms with van der Waals surface area (Å²) < 4.78 is 0.826. The summed E-state index contributed by atoms with van der Waals surface area (Å²) in [6, 6.07) is 4.01. The third kappa shape index (κ3) is 8.43. The zero-order chi connectivity index (χ0) is 17.4. The predicted octanol–water partition coefficient (Wildman–Crippen LogP) is 3.26. The number of guanidine groups is 1. The first-order valence-corrected chi connectivity index (χ1v) is 9.92. The molecule has 144 valence electrons. The molecule has 0 bridgehead atoms. The Morgan fingerprint density at radius 1 is 1.44 bits per heavy atom. The van der Waals surface area contributed by atoms with Crippen LogP contribution in [0.15, 0.2) is 17.1 Å². The monoisotopic (exact) mass is 500 g/mol. The fourth-order valence-electron chi connectivity index (χ4n) is 2.84. The van der Waals surface area contributed by atoms with Crippen molar-refractivity contribution in [1.29, 1.82) is 0 Å². The first kappa shape index (κ1) is 23.0. The van der Waals surface area contributed by atoms with Gasteiger partial charge in [0, 0.05) is 38.1 Å². The molecular weight excluding hydrogens is 471 g/mol. The molecule has 5 nitrogen and oxygen atoms in total. The van der Waals surface area contributed by atoms with Crippen LogP contribution >= 0.6 is 46.9 Å². The van der Waals surface area contributed by atoms with Crippen LogP contribution in [0.4, 0.5) is 0 Å². The fourth-order valence-corrected chi connectivity index (χ4v) is 3.98. The van der Waals surface area contributed by atoms with Gasteiger partial charge >= 0.3 is 0 Å². The van der Waals surface area contributed by atoms with Gasteiger partial charge in [-0.15, -0.1) is 35.3 Å². The van der Waals surface area contributed by atoms with Crippen LogP contribution in [0.25, 0.3) is 0 Å². The number of aliphatic imine (C=N–C) groups is 1. The molecule has 2 rings (SSSR count). The maximum Gasteiger partial charge on any atom is 0.193 e. The maximum atomic E-state index is 9.54. The molecule has 0 atom stereocenters. The molecule has 2 heterocycles. The van der Waals surface area contributed by atoms with Gasteiger partial charge in [0.15, 0.2) is 5.96 Å². The van der Waals surface area contributed by atoms with Crippen LogP contribution < -0.4 is 5.32 Å². The maximum absolute atomic E-state index is 9.54. The van der Waals surface area contributed by atoms with Crippen molar-refractivity contribution in [3.63, 3.8) is 0 Å². The summed E-state index contributed by atoms with van der Waals surface area (Å²) in [6.07, 6.45) is 2.75. The number of thiophene rings is 1. The number of likely N-dealkylation sites (tertiary alicyclic amines) is 1. The molecule has 1 aromatic heterocycles. The van der Waals surface area contributed by atoms with Gasteiger partial charge in [-0.3, -0.25) is 4.99 Å². The lowest BCUT2D eigenvalue weighted by Crippen LogP contribution is -2.39. The standard InChI is InChI=1S/C17H29ClN4OS.HI/c1-3-19-17(21(2)13-15-5-6-16(18)24-15)20-9-4-10-22-11-7-14(23)8-12-22;/h5-6,14,23H,3-4,7-13H2,1-2H3,(H,19,20);1H. The van der Waals surface area contributed by atoms with Crippen molar-refractivity contribution in [2.75, 3.05) is 39.8 Å². The lowest BCUT2D eigenvalue weighted by molar-refractivity contribution is 0.0824. The minimum Gasteiger partial charge on any atom is -0.393 e. The van der Waals surface area contributed by atoms with E-state index in [0.717, 1.165) is 68.8 Å². The second-order valence-electron chi connectivity index (χ2n) is 6.22. The summed E-state index contributed by atoms with van der Waals surface area (Å²) in [5.41, 5.74) is 0. The highest BCUT2D eigenvalue weighted by molar-refractivity contribution is 14.0. The van der Waals surface area contributed by atoms with Crippen LogP contribution in [0.5, 0.6) is 0 Å². The molecule has 0 unspecified atom stereocenters. The Hall–Kier alpha value is -0.0900. The first-order chi connectivity index (χ1) is 11.6. The highest BCUT2D eigenvalue weighted by Crippen LogP contribution is 2.22. The average molecular weight is 501 g/mol. The van der Waals surface area contributed by atoms with Crippen LogP contribution in [-0.4, -0.2) is 66.7 Å². The van der Waals surface area contributed by atoms with Crippen LogP contribution in [0.3, 0.4) is 0 Å². The Morgan fingerprint density at radius 3 is 2.76 bits per heavy atom. The molecule has 0 aromatic carbocycles. The van der Waals surface area contributed by atoms with E-state index in [1.165, 1.54) is 4.88 Å². The summed E-state index contributed by atoms with van der Waals surface area (Å²) in [7, 11) is 2.06. The molecule has 2 N–H and O–H groups in total. The number of halogens is 2. The van der Waals surface area contributed by atoms with E-state index < -0.39 is 0 Å². The number of hydrogen-bond acceptors (Lipinski definition) is 4. The van der Waals surface area contributed by atoms with E-state index in [0.29, 0.717) is 0 Å². The van der Waals surface area contributed by atoms with Crippen molar-refractivity contribution in [3.05, 3.63) is 21.3 Å². The molecular formula is C17H30ClIN4OS. The van der Waals surface area contributed by atoms with Gasteiger partial charge in [-0.1, -0.05) is 11.6 Å². The number of nitrogens with one attached hydrogen (secondary N) is 1. The number of aliphatic hydroxyl groups is 1. The number of aliphatic hydroxyl groups excluding tert-OH is 1. The Kier molecular flexibility index (Phi) is 11.3. The van der Waals surface area contributed by atoms with Crippen molar-refractivity contribution < 1.29 is 5.11 Å². The van der Waals surface area contributed by atoms with Gasteiger partial charge in [0.05, 0.1) is 17.0 Å². The van der Waals surface area contributed by atoms with Crippen molar-refractivity contribution in [2.45, 2.75) is 38.8 Å². The Bertz CT molecular complexity index is 521. The number of nitrogens with zero attached hydrogens (tertiary/aromatic N) is 3. The van der Waals surface area contributed by atoms with Gasteiger partial charge in [0.1, 0.15) is 0 Å². The van der Waals surface area contributed by atoms with Gasteiger partial charge in [0.2, 0.25) is 0 Å². The van der Waals surface area contributed by atoms with Crippen molar-refractivity contribution in [3.8, 4) is 0 Å². The predicted molar refractivity (Wildman–Crippen MR) is 118 cm³/mol. The number of hydrogen-bond donors (Lipinski definition) is 2. The summed E-state index contributed by atoms with van der Waals surface area (Å²) in [6.45, 7) is 7.64. The second-order valence-corrected chi connectivity index (χ2v) is 8.02. The number of piperidine rings is 1. The minimum atomic E-state index is -0.0981. The highest BCUT2D eigenvalue weighted by Gasteiger charge is 2.16. The van der Waals surface area contributed by atoms with Crippen LogP contribution in [-0.2, 0) is 6.54 Å². The molecule has 0 amide bonds. The molecule has 1 aromatic rings. The lowest BCUT2D eigenvalue weighted by Gasteiger charge is -2.29. The van der Waals surface area contributed by atoms with Gasteiger partial charge in [-0.25, -0.2) is 0 Å². The summed E-state index contributed by atoms with van der Waals surface area (Å²) in [5, 5.41) is 12.9. The average Bonchev–Trinajstić information content (AvgIpc) is 2.97. The van der Waals surface area contributed by atoms with E-state index in [1.807, 2.05) is 6.07 Å². The largest absolute Gasteiger partial charge is 0.393 e. The zero-order valence-electron chi connectivity index (χ0n) is 15.1. The minimum absolute atomic E-state index is 0. The Balaban J connectivity index is 0.00000312. The molecule has 25 heavy (non-hydrogen) atoms.